The van der Waals surface area contributed by atoms with E-state index in [1.165, 1.54) is 11.3 Å². The van der Waals surface area contributed by atoms with Gasteiger partial charge >= 0.3 is 11.9 Å². The lowest BCUT2D eigenvalue weighted by molar-refractivity contribution is -0.385. The van der Waals surface area contributed by atoms with Crippen LogP contribution < -0.4 is 14.8 Å². The SMILES string of the molecule is CCOC(=O)c1c(NC(=O)COC(=O)c2cc3c(cc2[N+](=O)[O-])OCO3)sc2c1CCC(C)C2. The highest BCUT2D eigenvalue weighted by Gasteiger charge is 2.31. The lowest BCUT2D eigenvalue weighted by Crippen LogP contribution is -2.22. The number of carbonyl (C=O) groups excluding carboxylic acids is 3. The Labute approximate surface area is 198 Å². The van der Waals surface area contributed by atoms with Crippen molar-refractivity contribution in [3.63, 3.8) is 0 Å². The first-order valence-electron chi connectivity index (χ1n) is 10.6. The molecule has 12 heteroatoms. The zero-order valence-electron chi connectivity index (χ0n) is 18.5. The summed E-state index contributed by atoms with van der Waals surface area (Å²) in [5.41, 5.74) is 0.318. The normalized spacial score (nSPS) is 15.9. The van der Waals surface area contributed by atoms with Crippen molar-refractivity contribution in [1.29, 1.82) is 0 Å². The first kappa shape index (κ1) is 23.5. The maximum Gasteiger partial charge on any atom is 0.345 e. The fraction of sp³-hybridized carbons (Fsp3) is 0.409. The van der Waals surface area contributed by atoms with Gasteiger partial charge < -0.3 is 24.3 Å². The summed E-state index contributed by atoms with van der Waals surface area (Å²) in [5, 5.41) is 14.3. The van der Waals surface area contributed by atoms with Crippen LogP contribution in [0.15, 0.2) is 12.1 Å². The van der Waals surface area contributed by atoms with Crippen molar-refractivity contribution < 1.29 is 38.3 Å². The first-order chi connectivity index (χ1) is 16.3. The first-order valence-corrected chi connectivity index (χ1v) is 11.5. The Balaban J connectivity index is 1.48. The third-order valence-electron chi connectivity index (χ3n) is 5.49. The summed E-state index contributed by atoms with van der Waals surface area (Å²) in [5.74, 6) is -1.50. The Morgan fingerprint density at radius 3 is 2.65 bits per heavy atom. The zero-order valence-corrected chi connectivity index (χ0v) is 19.3. The number of nitro benzene ring substituents is 1. The highest BCUT2D eigenvalue weighted by molar-refractivity contribution is 7.17. The number of fused-ring (bicyclic) bond motifs is 2. The molecule has 4 rings (SSSR count). The number of amides is 1. The molecule has 0 bridgehead atoms. The standard InChI is InChI=1S/C22H22N2O9S/c1-3-30-22(27)19-12-5-4-11(2)6-17(12)34-20(19)23-18(25)9-31-21(26)13-7-15-16(33-10-32-15)8-14(13)24(28)29/h7-8,11H,3-6,9-10H2,1-2H3,(H,23,25). The van der Waals surface area contributed by atoms with Gasteiger partial charge in [-0.2, -0.15) is 0 Å². The van der Waals surface area contributed by atoms with Crippen LogP contribution >= 0.6 is 11.3 Å². The van der Waals surface area contributed by atoms with Crippen LogP contribution in [0.3, 0.4) is 0 Å². The number of nitro groups is 1. The average Bonchev–Trinajstić information content (AvgIpc) is 3.39. The minimum atomic E-state index is -1.06. The van der Waals surface area contributed by atoms with Crippen molar-refractivity contribution in [2.24, 2.45) is 5.92 Å². The van der Waals surface area contributed by atoms with Gasteiger partial charge in [-0.25, -0.2) is 9.59 Å². The smallest absolute Gasteiger partial charge is 0.345 e. The molecule has 1 atom stereocenters. The number of benzene rings is 1. The van der Waals surface area contributed by atoms with E-state index in [1.54, 1.807) is 6.92 Å². The fourth-order valence-electron chi connectivity index (χ4n) is 3.88. The van der Waals surface area contributed by atoms with E-state index in [4.69, 9.17) is 18.9 Å². The van der Waals surface area contributed by atoms with Gasteiger partial charge in [-0.3, -0.25) is 14.9 Å². The van der Waals surface area contributed by atoms with Crippen molar-refractivity contribution in [1.82, 2.24) is 0 Å². The Kier molecular flexibility index (Phi) is 6.68. The van der Waals surface area contributed by atoms with Gasteiger partial charge in [0.05, 0.1) is 23.2 Å². The quantitative estimate of drug-likeness (QED) is 0.350. The molecular weight excluding hydrogens is 468 g/mol. The van der Waals surface area contributed by atoms with Crippen LogP contribution in [-0.4, -0.2) is 42.8 Å². The van der Waals surface area contributed by atoms with Crippen LogP contribution in [0, 0.1) is 16.0 Å². The van der Waals surface area contributed by atoms with Gasteiger partial charge in [-0.05, 0) is 37.7 Å². The van der Waals surface area contributed by atoms with E-state index in [-0.39, 0.29) is 30.5 Å². The molecular formula is C22H22N2O9S. The minimum absolute atomic E-state index is 0.125. The predicted molar refractivity (Wildman–Crippen MR) is 120 cm³/mol. The van der Waals surface area contributed by atoms with Gasteiger partial charge in [-0.1, -0.05) is 6.92 Å². The van der Waals surface area contributed by atoms with Gasteiger partial charge in [0, 0.05) is 10.9 Å². The highest BCUT2D eigenvalue weighted by Crippen LogP contribution is 2.40. The summed E-state index contributed by atoms with van der Waals surface area (Å²) < 4.78 is 20.4. The molecule has 0 radical (unpaired) electrons. The van der Waals surface area contributed by atoms with Crippen LogP contribution in [0.2, 0.25) is 0 Å². The Morgan fingerprint density at radius 1 is 1.21 bits per heavy atom. The number of thiophene rings is 1. The van der Waals surface area contributed by atoms with E-state index < -0.39 is 35.1 Å². The summed E-state index contributed by atoms with van der Waals surface area (Å²) >= 11 is 1.31. The largest absolute Gasteiger partial charge is 0.462 e. The lowest BCUT2D eigenvalue weighted by atomic mass is 9.88. The van der Waals surface area contributed by atoms with Gasteiger partial charge in [0.2, 0.25) is 6.79 Å². The van der Waals surface area contributed by atoms with Crippen LogP contribution in [-0.2, 0) is 27.1 Å². The van der Waals surface area contributed by atoms with Crippen molar-refractivity contribution in [2.45, 2.75) is 33.1 Å². The number of hydrogen-bond acceptors (Lipinski definition) is 10. The molecule has 1 aromatic heterocycles. The molecule has 1 aromatic carbocycles. The summed E-state index contributed by atoms with van der Waals surface area (Å²) in [4.78, 5) is 49.3. The van der Waals surface area contributed by atoms with E-state index in [9.17, 15) is 24.5 Å². The molecule has 1 amide bonds. The third-order valence-corrected chi connectivity index (χ3v) is 6.66. The molecule has 1 N–H and O–H groups in total. The van der Waals surface area contributed by atoms with E-state index in [1.807, 2.05) is 0 Å². The maximum atomic E-state index is 12.6. The number of rotatable bonds is 7. The van der Waals surface area contributed by atoms with Crippen LogP contribution in [0.5, 0.6) is 11.5 Å². The van der Waals surface area contributed by atoms with E-state index in [0.29, 0.717) is 22.9 Å². The molecule has 180 valence electrons. The highest BCUT2D eigenvalue weighted by atomic mass is 32.1. The van der Waals surface area contributed by atoms with Gasteiger partial charge in [0.25, 0.3) is 11.6 Å². The molecule has 0 fully saturated rings. The number of ether oxygens (including phenoxy) is 4. The third kappa shape index (κ3) is 4.67. The lowest BCUT2D eigenvalue weighted by Gasteiger charge is -2.18. The molecule has 0 saturated heterocycles. The molecule has 1 unspecified atom stereocenters. The number of anilines is 1. The average molecular weight is 490 g/mol. The molecule has 2 heterocycles. The molecule has 34 heavy (non-hydrogen) atoms. The topological polar surface area (TPSA) is 143 Å². The number of nitrogens with zero attached hydrogens (tertiary/aromatic N) is 1. The Morgan fingerprint density at radius 2 is 1.94 bits per heavy atom. The molecule has 2 aromatic rings. The second kappa shape index (κ2) is 9.67. The second-order valence-corrected chi connectivity index (χ2v) is 8.99. The molecule has 11 nitrogen and oxygen atoms in total. The summed E-state index contributed by atoms with van der Waals surface area (Å²) in [6.07, 6.45) is 2.43. The molecule has 0 spiro atoms. The number of nitrogens with one attached hydrogen (secondary N) is 1. The fourth-order valence-corrected chi connectivity index (χ4v) is 5.29. The minimum Gasteiger partial charge on any atom is -0.462 e. The van der Waals surface area contributed by atoms with Crippen molar-refractivity contribution >= 4 is 39.9 Å². The van der Waals surface area contributed by atoms with Crippen LogP contribution in [0.1, 0.15) is 51.4 Å². The Bertz CT molecular complexity index is 1170. The van der Waals surface area contributed by atoms with Crippen LogP contribution in [0.4, 0.5) is 10.7 Å². The van der Waals surface area contributed by atoms with Crippen LogP contribution in [0.25, 0.3) is 0 Å². The van der Waals surface area contributed by atoms with Crippen molar-refractivity contribution in [3.05, 3.63) is 43.8 Å². The molecule has 2 aliphatic rings. The molecule has 1 aliphatic heterocycles. The second-order valence-electron chi connectivity index (χ2n) is 7.88. The van der Waals surface area contributed by atoms with E-state index in [0.717, 1.165) is 35.4 Å². The molecule has 1 aliphatic carbocycles. The number of carbonyl (C=O) groups is 3. The van der Waals surface area contributed by atoms with Crippen molar-refractivity contribution in [2.75, 3.05) is 25.3 Å². The number of esters is 2. The van der Waals surface area contributed by atoms with Crippen molar-refractivity contribution in [3.8, 4) is 11.5 Å². The van der Waals surface area contributed by atoms with Gasteiger partial charge in [0.1, 0.15) is 10.6 Å². The summed E-state index contributed by atoms with van der Waals surface area (Å²) in [6.45, 7) is 3.19. The van der Waals surface area contributed by atoms with Gasteiger partial charge in [0.15, 0.2) is 18.1 Å². The summed E-state index contributed by atoms with van der Waals surface area (Å²) in [6, 6.07) is 2.22. The van der Waals surface area contributed by atoms with E-state index >= 15 is 0 Å². The maximum absolute atomic E-state index is 12.6. The molecule has 0 saturated carbocycles. The van der Waals surface area contributed by atoms with Gasteiger partial charge in [-0.15, -0.1) is 11.3 Å². The Hall–Kier alpha value is -3.67. The predicted octanol–water partition coefficient (Wildman–Crippen LogP) is 3.48. The number of hydrogen-bond donors (Lipinski definition) is 1. The van der Waals surface area contributed by atoms with E-state index in [2.05, 4.69) is 12.2 Å². The monoisotopic (exact) mass is 490 g/mol. The summed E-state index contributed by atoms with van der Waals surface area (Å²) in [7, 11) is 0. The zero-order chi connectivity index (χ0) is 24.4.